The Labute approximate surface area is 85.8 Å². The number of pyridine rings is 1. The molecule has 0 aliphatic carbocycles. The summed E-state index contributed by atoms with van der Waals surface area (Å²) in [5, 5.41) is 0. The molecule has 14 heavy (non-hydrogen) atoms. The maximum Gasteiger partial charge on any atom is 0.197 e. The third-order valence-corrected chi connectivity index (χ3v) is 2.03. The zero-order valence-electron chi connectivity index (χ0n) is 7.27. The molecular weight excluding hydrogens is 196 g/mol. The molecule has 70 valence electrons. The lowest BCUT2D eigenvalue weighted by atomic mass is 10.2. The summed E-state index contributed by atoms with van der Waals surface area (Å²) in [6, 6.07) is 3.55. The van der Waals surface area contributed by atoms with Gasteiger partial charge < -0.3 is 10.7 Å². The van der Waals surface area contributed by atoms with E-state index in [1.807, 2.05) is 6.07 Å². The summed E-state index contributed by atoms with van der Waals surface area (Å²) in [7, 11) is 0. The van der Waals surface area contributed by atoms with Gasteiger partial charge in [0.15, 0.2) is 4.77 Å². The first-order valence-electron chi connectivity index (χ1n) is 4.02. The van der Waals surface area contributed by atoms with Crippen LogP contribution >= 0.6 is 12.2 Å². The van der Waals surface area contributed by atoms with Crippen molar-refractivity contribution in [1.29, 1.82) is 0 Å². The maximum atomic E-state index is 5.79. The van der Waals surface area contributed by atoms with E-state index in [0.29, 0.717) is 10.5 Å². The third kappa shape index (κ3) is 1.62. The van der Waals surface area contributed by atoms with E-state index < -0.39 is 0 Å². The number of rotatable bonds is 1. The molecule has 2 aromatic rings. The van der Waals surface area contributed by atoms with Gasteiger partial charge in [-0.1, -0.05) is 0 Å². The van der Waals surface area contributed by atoms with E-state index in [4.69, 9.17) is 18.0 Å². The fourth-order valence-corrected chi connectivity index (χ4v) is 1.33. The summed E-state index contributed by atoms with van der Waals surface area (Å²) in [4.78, 5) is 10.8. The smallest absolute Gasteiger partial charge is 0.197 e. The van der Waals surface area contributed by atoms with Crippen molar-refractivity contribution >= 4 is 17.9 Å². The van der Waals surface area contributed by atoms with Crippen LogP contribution in [0.3, 0.4) is 0 Å². The van der Waals surface area contributed by atoms with Crippen molar-refractivity contribution < 1.29 is 0 Å². The van der Waals surface area contributed by atoms with Crippen molar-refractivity contribution in [2.75, 3.05) is 5.73 Å². The van der Waals surface area contributed by atoms with Crippen LogP contribution in [-0.2, 0) is 0 Å². The highest BCUT2D eigenvalue weighted by Gasteiger charge is 2.01. The maximum absolute atomic E-state index is 5.79. The average molecular weight is 204 g/mol. The van der Waals surface area contributed by atoms with Crippen LogP contribution in [0.5, 0.6) is 0 Å². The van der Waals surface area contributed by atoms with E-state index in [1.165, 1.54) is 0 Å². The van der Waals surface area contributed by atoms with Crippen molar-refractivity contribution in [3.63, 3.8) is 0 Å². The first kappa shape index (κ1) is 8.83. The number of aromatic amines is 1. The van der Waals surface area contributed by atoms with Crippen molar-refractivity contribution in [2.45, 2.75) is 0 Å². The number of nitrogens with one attached hydrogen (secondary N) is 1. The van der Waals surface area contributed by atoms with E-state index in [0.717, 1.165) is 11.3 Å². The molecule has 2 aromatic heterocycles. The van der Waals surface area contributed by atoms with Gasteiger partial charge in [-0.15, -0.1) is 0 Å². The van der Waals surface area contributed by atoms with Crippen LogP contribution in [-0.4, -0.2) is 15.0 Å². The summed E-state index contributed by atoms with van der Waals surface area (Å²) in [5.41, 5.74) is 8.12. The molecule has 0 fully saturated rings. The highest BCUT2D eigenvalue weighted by molar-refractivity contribution is 7.71. The molecule has 0 aromatic carbocycles. The molecule has 0 radical (unpaired) electrons. The molecule has 0 spiro atoms. The Morgan fingerprint density at radius 2 is 2.14 bits per heavy atom. The second kappa shape index (κ2) is 3.55. The van der Waals surface area contributed by atoms with Crippen LogP contribution < -0.4 is 5.73 Å². The topological polar surface area (TPSA) is 67.6 Å². The Kier molecular flexibility index (Phi) is 2.24. The van der Waals surface area contributed by atoms with Crippen molar-refractivity contribution in [2.24, 2.45) is 0 Å². The van der Waals surface area contributed by atoms with E-state index in [-0.39, 0.29) is 0 Å². The second-order valence-corrected chi connectivity index (χ2v) is 3.14. The number of nitrogens with two attached hydrogens (primary N) is 1. The fourth-order valence-electron chi connectivity index (χ4n) is 1.16. The number of nitrogen functional groups attached to an aromatic ring is 1. The van der Waals surface area contributed by atoms with Crippen LogP contribution in [0.2, 0.25) is 0 Å². The standard InChI is InChI=1S/C9H8N4S/c10-7-1-3-11-5-6(7)8-2-4-12-9(14)13-8/h1-5H,(H2,10,11)(H,12,13,14). The lowest BCUT2D eigenvalue weighted by Gasteiger charge is -2.03. The fraction of sp³-hybridized carbons (Fsp3) is 0. The van der Waals surface area contributed by atoms with Gasteiger partial charge in [-0.3, -0.25) is 4.98 Å². The molecular formula is C9H8N4S. The van der Waals surface area contributed by atoms with Gasteiger partial charge >= 0.3 is 0 Å². The molecule has 0 unspecified atom stereocenters. The van der Waals surface area contributed by atoms with Gasteiger partial charge in [-0.25, -0.2) is 4.98 Å². The highest BCUT2D eigenvalue weighted by atomic mass is 32.1. The molecule has 5 heteroatoms. The van der Waals surface area contributed by atoms with Crippen LogP contribution in [0.4, 0.5) is 5.69 Å². The zero-order valence-corrected chi connectivity index (χ0v) is 8.08. The largest absolute Gasteiger partial charge is 0.398 e. The Hall–Kier alpha value is -1.75. The minimum Gasteiger partial charge on any atom is -0.398 e. The lowest BCUT2D eigenvalue weighted by Crippen LogP contribution is -1.93. The number of hydrogen-bond donors (Lipinski definition) is 2. The number of anilines is 1. The molecule has 2 heterocycles. The van der Waals surface area contributed by atoms with Gasteiger partial charge in [0.1, 0.15) is 0 Å². The van der Waals surface area contributed by atoms with E-state index in [9.17, 15) is 0 Å². The molecule has 4 nitrogen and oxygen atoms in total. The van der Waals surface area contributed by atoms with E-state index in [2.05, 4.69) is 15.0 Å². The summed E-state index contributed by atoms with van der Waals surface area (Å²) < 4.78 is 0.436. The van der Waals surface area contributed by atoms with Gasteiger partial charge in [0.05, 0.1) is 5.69 Å². The summed E-state index contributed by atoms with van der Waals surface area (Å²) in [5.74, 6) is 0. The summed E-state index contributed by atoms with van der Waals surface area (Å²) in [6.07, 6.45) is 4.98. The van der Waals surface area contributed by atoms with Gasteiger partial charge in [-0.05, 0) is 24.4 Å². The van der Waals surface area contributed by atoms with E-state index in [1.54, 1.807) is 24.7 Å². The zero-order chi connectivity index (χ0) is 9.97. The molecule has 0 bridgehead atoms. The number of aromatic nitrogens is 3. The molecule has 3 N–H and O–H groups in total. The van der Waals surface area contributed by atoms with Crippen LogP contribution in [0.25, 0.3) is 11.3 Å². The Morgan fingerprint density at radius 3 is 2.86 bits per heavy atom. The molecule has 0 saturated heterocycles. The second-order valence-electron chi connectivity index (χ2n) is 2.75. The lowest BCUT2D eigenvalue weighted by molar-refractivity contribution is 1.13. The first-order chi connectivity index (χ1) is 6.77. The monoisotopic (exact) mass is 204 g/mol. The quantitative estimate of drug-likeness (QED) is 0.695. The SMILES string of the molecule is Nc1ccncc1-c1ccnc(=S)[nH]1. The van der Waals surface area contributed by atoms with Gasteiger partial charge in [0.25, 0.3) is 0 Å². The normalized spacial score (nSPS) is 10.0. The average Bonchev–Trinajstić information content (AvgIpc) is 2.18. The molecule has 0 aliphatic heterocycles. The number of H-pyrrole nitrogens is 1. The summed E-state index contributed by atoms with van der Waals surface area (Å²) in [6.45, 7) is 0. The minimum absolute atomic E-state index is 0.436. The van der Waals surface area contributed by atoms with Gasteiger partial charge in [-0.2, -0.15) is 0 Å². The molecule has 0 amide bonds. The van der Waals surface area contributed by atoms with Crippen molar-refractivity contribution in [3.05, 3.63) is 35.5 Å². The predicted molar refractivity (Wildman–Crippen MR) is 57.1 cm³/mol. The number of nitrogens with zero attached hydrogens (tertiary/aromatic N) is 2. The molecule has 0 atom stereocenters. The predicted octanol–water partition coefficient (Wildman–Crippen LogP) is 1.78. The molecule has 0 aliphatic rings. The number of hydrogen-bond acceptors (Lipinski definition) is 4. The molecule has 0 saturated carbocycles. The van der Waals surface area contributed by atoms with Crippen molar-refractivity contribution in [3.8, 4) is 11.3 Å². The van der Waals surface area contributed by atoms with Crippen LogP contribution in [0, 0.1) is 4.77 Å². The minimum atomic E-state index is 0.436. The Balaban J connectivity index is 2.61. The van der Waals surface area contributed by atoms with Gasteiger partial charge in [0, 0.05) is 29.8 Å². The Bertz CT molecular complexity index is 506. The third-order valence-electron chi connectivity index (χ3n) is 1.82. The van der Waals surface area contributed by atoms with Crippen LogP contribution in [0.15, 0.2) is 30.7 Å². The van der Waals surface area contributed by atoms with Crippen molar-refractivity contribution in [1.82, 2.24) is 15.0 Å². The van der Waals surface area contributed by atoms with Gasteiger partial charge in [0.2, 0.25) is 0 Å². The van der Waals surface area contributed by atoms with Crippen LogP contribution in [0.1, 0.15) is 0 Å². The molecule has 2 rings (SSSR count). The summed E-state index contributed by atoms with van der Waals surface area (Å²) >= 11 is 4.91. The van der Waals surface area contributed by atoms with E-state index >= 15 is 0 Å². The Morgan fingerprint density at radius 1 is 1.29 bits per heavy atom. The first-order valence-corrected chi connectivity index (χ1v) is 4.43. The highest BCUT2D eigenvalue weighted by Crippen LogP contribution is 2.21.